The summed E-state index contributed by atoms with van der Waals surface area (Å²) in [4.78, 5) is 11.9. The van der Waals surface area contributed by atoms with E-state index < -0.39 is 12.2 Å². The van der Waals surface area contributed by atoms with Crippen molar-refractivity contribution < 1.29 is 19.4 Å². The molecule has 0 fully saturated rings. The summed E-state index contributed by atoms with van der Waals surface area (Å²) in [6, 6.07) is 16.4. The van der Waals surface area contributed by atoms with E-state index in [1.54, 1.807) is 0 Å². The molecule has 0 spiro atoms. The maximum atomic E-state index is 11.9. The molecule has 1 atom stereocenters. The lowest BCUT2D eigenvalue weighted by Gasteiger charge is -2.15. The lowest BCUT2D eigenvalue weighted by atomic mass is 9.98. The molecule has 0 saturated carbocycles. The van der Waals surface area contributed by atoms with Gasteiger partial charge in [0, 0.05) is 19.1 Å². The lowest BCUT2D eigenvalue weighted by molar-refractivity contribution is 0.0417. The van der Waals surface area contributed by atoms with Gasteiger partial charge in [0.05, 0.1) is 12.7 Å². The summed E-state index contributed by atoms with van der Waals surface area (Å²) in [5.74, 6) is 0.0338. The summed E-state index contributed by atoms with van der Waals surface area (Å²) >= 11 is 0. The first-order chi connectivity index (χ1) is 12.2. The Bertz CT molecular complexity index is 686. The molecule has 5 nitrogen and oxygen atoms in total. The van der Waals surface area contributed by atoms with Crippen LogP contribution in [0, 0.1) is 0 Å². The fourth-order valence-corrected chi connectivity index (χ4v) is 3.16. The van der Waals surface area contributed by atoms with Crippen LogP contribution in [0.25, 0.3) is 11.1 Å². The molecule has 2 aromatic carbocycles. The van der Waals surface area contributed by atoms with Crippen molar-refractivity contribution in [3.05, 3.63) is 59.7 Å². The summed E-state index contributed by atoms with van der Waals surface area (Å²) in [5.41, 5.74) is 4.74. The number of aliphatic hydroxyl groups excluding tert-OH is 1. The standard InChI is InChI=1S/C20H23NO4/c1-2-24-12-14(22)11-21-20(23)25-13-19-17-9-5-3-7-15(17)16-8-4-6-10-18(16)19/h3-10,14,19,22H,2,11-13H2,1H3,(H,21,23). The molecule has 25 heavy (non-hydrogen) atoms. The highest BCUT2D eigenvalue weighted by atomic mass is 16.5. The third-order valence-electron chi connectivity index (χ3n) is 4.34. The zero-order chi connectivity index (χ0) is 17.6. The quantitative estimate of drug-likeness (QED) is 0.812. The van der Waals surface area contributed by atoms with E-state index in [-0.39, 0.29) is 25.7 Å². The number of fused-ring (bicyclic) bond motifs is 3. The van der Waals surface area contributed by atoms with Crippen LogP contribution < -0.4 is 5.32 Å². The number of rotatable bonds is 7. The van der Waals surface area contributed by atoms with Crippen LogP contribution in [0.5, 0.6) is 0 Å². The molecule has 0 aromatic heterocycles. The van der Waals surface area contributed by atoms with Crippen molar-refractivity contribution in [2.45, 2.75) is 18.9 Å². The van der Waals surface area contributed by atoms with Crippen LogP contribution in [0.15, 0.2) is 48.5 Å². The van der Waals surface area contributed by atoms with Gasteiger partial charge in [-0.15, -0.1) is 0 Å². The third kappa shape index (κ3) is 4.00. The predicted octanol–water partition coefficient (Wildman–Crippen LogP) is 2.92. The van der Waals surface area contributed by atoms with Gasteiger partial charge < -0.3 is 19.9 Å². The Morgan fingerprint density at radius 2 is 1.72 bits per heavy atom. The van der Waals surface area contributed by atoms with E-state index in [0.717, 1.165) is 0 Å². The van der Waals surface area contributed by atoms with E-state index in [1.807, 2.05) is 31.2 Å². The number of nitrogens with one attached hydrogen (secondary N) is 1. The Morgan fingerprint density at radius 1 is 1.12 bits per heavy atom. The normalized spacial score (nSPS) is 13.8. The first-order valence-corrected chi connectivity index (χ1v) is 8.55. The molecule has 1 aliphatic carbocycles. The van der Waals surface area contributed by atoms with Crippen molar-refractivity contribution in [1.82, 2.24) is 5.32 Å². The minimum atomic E-state index is -0.736. The highest BCUT2D eigenvalue weighted by Crippen LogP contribution is 2.44. The number of carbonyl (C=O) groups excluding carboxylic acids is 1. The van der Waals surface area contributed by atoms with Crippen molar-refractivity contribution in [2.75, 3.05) is 26.4 Å². The van der Waals surface area contributed by atoms with Gasteiger partial charge in [0.25, 0.3) is 0 Å². The van der Waals surface area contributed by atoms with Crippen LogP contribution >= 0.6 is 0 Å². The summed E-state index contributed by atoms with van der Waals surface area (Å²) in [6.45, 7) is 2.95. The molecule has 0 aliphatic heterocycles. The molecular weight excluding hydrogens is 318 g/mol. The van der Waals surface area contributed by atoms with E-state index in [0.29, 0.717) is 6.61 Å². The number of hydrogen-bond donors (Lipinski definition) is 2. The van der Waals surface area contributed by atoms with Gasteiger partial charge in [-0.2, -0.15) is 0 Å². The SMILES string of the molecule is CCOCC(O)CNC(=O)OCC1c2ccccc2-c2ccccc21. The molecule has 132 valence electrons. The van der Waals surface area contributed by atoms with E-state index in [1.165, 1.54) is 22.3 Å². The number of aliphatic hydroxyl groups is 1. The molecule has 0 saturated heterocycles. The van der Waals surface area contributed by atoms with Gasteiger partial charge in [-0.05, 0) is 29.2 Å². The minimum Gasteiger partial charge on any atom is -0.449 e. The third-order valence-corrected chi connectivity index (χ3v) is 4.34. The molecule has 0 bridgehead atoms. The van der Waals surface area contributed by atoms with Crippen LogP contribution in [-0.4, -0.2) is 43.7 Å². The smallest absolute Gasteiger partial charge is 0.407 e. The molecular formula is C20H23NO4. The monoisotopic (exact) mass is 341 g/mol. The molecule has 2 N–H and O–H groups in total. The zero-order valence-electron chi connectivity index (χ0n) is 14.3. The molecule has 0 radical (unpaired) electrons. The predicted molar refractivity (Wildman–Crippen MR) is 95.6 cm³/mol. The molecule has 3 rings (SSSR count). The highest BCUT2D eigenvalue weighted by Gasteiger charge is 2.28. The second-order valence-corrected chi connectivity index (χ2v) is 6.02. The first kappa shape index (κ1) is 17.5. The molecule has 1 aliphatic rings. The van der Waals surface area contributed by atoms with Gasteiger partial charge in [0.15, 0.2) is 0 Å². The molecule has 0 heterocycles. The van der Waals surface area contributed by atoms with Gasteiger partial charge in [0.2, 0.25) is 0 Å². The van der Waals surface area contributed by atoms with Crippen LogP contribution in [0.2, 0.25) is 0 Å². The highest BCUT2D eigenvalue weighted by molar-refractivity contribution is 5.79. The van der Waals surface area contributed by atoms with Gasteiger partial charge in [0.1, 0.15) is 6.61 Å². The first-order valence-electron chi connectivity index (χ1n) is 8.55. The fraction of sp³-hybridized carbons (Fsp3) is 0.350. The van der Waals surface area contributed by atoms with Crippen LogP contribution in [-0.2, 0) is 9.47 Å². The Morgan fingerprint density at radius 3 is 2.32 bits per heavy atom. The maximum absolute atomic E-state index is 11.9. The summed E-state index contributed by atoms with van der Waals surface area (Å²) in [6.07, 6.45) is -1.27. The Hall–Kier alpha value is -2.37. The van der Waals surface area contributed by atoms with Gasteiger partial charge >= 0.3 is 6.09 Å². The molecule has 1 amide bonds. The zero-order valence-corrected chi connectivity index (χ0v) is 14.3. The molecule has 1 unspecified atom stereocenters. The topological polar surface area (TPSA) is 67.8 Å². The Labute approximate surface area is 147 Å². The van der Waals surface area contributed by atoms with E-state index in [4.69, 9.17) is 9.47 Å². The molecule has 2 aromatic rings. The van der Waals surface area contributed by atoms with Gasteiger partial charge in [-0.3, -0.25) is 0 Å². The minimum absolute atomic E-state index is 0.0338. The summed E-state index contributed by atoms with van der Waals surface area (Å²) in [5, 5.41) is 12.2. The van der Waals surface area contributed by atoms with E-state index >= 15 is 0 Å². The van der Waals surface area contributed by atoms with E-state index in [9.17, 15) is 9.90 Å². The Kier molecular flexibility index (Phi) is 5.68. The van der Waals surface area contributed by atoms with Crippen molar-refractivity contribution in [3.8, 4) is 11.1 Å². The van der Waals surface area contributed by atoms with Crippen molar-refractivity contribution in [2.24, 2.45) is 0 Å². The summed E-state index contributed by atoms with van der Waals surface area (Å²) < 4.78 is 10.5. The van der Waals surface area contributed by atoms with Crippen LogP contribution in [0.4, 0.5) is 4.79 Å². The number of ether oxygens (including phenoxy) is 2. The lowest BCUT2D eigenvalue weighted by Crippen LogP contribution is -2.35. The number of benzene rings is 2. The second kappa shape index (κ2) is 8.14. The van der Waals surface area contributed by atoms with Crippen molar-refractivity contribution in [1.29, 1.82) is 0 Å². The second-order valence-electron chi connectivity index (χ2n) is 6.02. The van der Waals surface area contributed by atoms with Crippen molar-refractivity contribution >= 4 is 6.09 Å². The maximum Gasteiger partial charge on any atom is 0.407 e. The number of carbonyl (C=O) groups is 1. The van der Waals surface area contributed by atoms with Crippen LogP contribution in [0.3, 0.4) is 0 Å². The van der Waals surface area contributed by atoms with Crippen LogP contribution in [0.1, 0.15) is 24.0 Å². The fourth-order valence-electron chi connectivity index (χ4n) is 3.16. The largest absolute Gasteiger partial charge is 0.449 e. The van der Waals surface area contributed by atoms with Crippen molar-refractivity contribution in [3.63, 3.8) is 0 Å². The summed E-state index contributed by atoms with van der Waals surface area (Å²) in [7, 11) is 0. The van der Waals surface area contributed by atoms with E-state index in [2.05, 4.69) is 29.6 Å². The average Bonchev–Trinajstić information content (AvgIpc) is 2.97. The van der Waals surface area contributed by atoms with Gasteiger partial charge in [-0.25, -0.2) is 4.79 Å². The average molecular weight is 341 g/mol. The number of alkyl carbamates (subject to hydrolysis) is 1. The Balaban J connectivity index is 1.59. The molecule has 5 heteroatoms. The van der Waals surface area contributed by atoms with Gasteiger partial charge in [-0.1, -0.05) is 48.5 Å². The number of amides is 1. The number of hydrogen-bond acceptors (Lipinski definition) is 4.